The Kier molecular flexibility index (Phi) is 6.25. The van der Waals surface area contributed by atoms with Gasteiger partial charge in [0.2, 0.25) is 0 Å². The van der Waals surface area contributed by atoms with Gasteiger partial charge >= 0.3 is 0 Å². The molecule has 1 aliphatic heterocycles. The van der Waals surface area contributed by atoms with Gasteiger partial charge in [-0.25, -0.2) is 4.39 Å². The predicted octanol–water partition coefficient (Wildman–Crippen LogP) is 4.41. The highest BCUT2D eigenvalue weighted by molar-refractivity contribution is 6.33. The van der Waals surface area contributed by atoms with Gasteiger partial charge < -0.3 is 14.2 Å². The Balaban J connectivity index is 1.46. The molecule has 0 radical (unpaired) electrons. The zero-order chi connectivity index (χ0) is 22.0. The summed E-state index contributed by atoms with van der Waals surface area (Å²) in [4.78, 5) is 17.3. The average Bonchev–Trinajstić information content (AvgIpc) is 3.15. The van der Waals surface area contributed by atoms with Gasteiger partial charge in [-0.05, 0) is 36.8 Å². The van der Waals surface area contributed by atoms with Crippen molar-refractivity contribution in [1.82, 2.24) is 15.0 Å². The SMILES string of the molecule is COc1ccc(CN2CCN(C(=O)c3c(-c4c(F)cccc4Cl)noc3C)CC2)cc1. The molecular formula is C23H23ClFN3O3. The summed E-state index contributed by atoms with van der Waals surface area (Å²) in [6, 6.07) is 12.3. The van der Waals surface area contributed by atoms with Gasteiger partial charge in [0.1, 0.15) is 28.6 Å². The van der Waals surface area contributed by atoms with E-state index in [1.165, 1.54) is 17.7 Å². The number of amides is 1. The number of carbonyl (C=O) groups excluding carboxylic acids is 1. The maximum atomic E-state index is 14.4. The Morgan fingerprint density at radius 3 is 2.52 bits per heavy atom. The van der Waals surface area contributed by atoms with Crippen LogP contribution in [-0.2, 0) is 6.54 Å². The number of nitrogens with zero attached hydrogens (tertiary/aromatic N) is 3. The van der Waals surface area contributed by atoms with E-state index < -0.39 is 5.82 Å². The number of piperazine rings is 1. The van der Waals surface area contributed by atoms with E-state index in [0.717, 1.165) is 25.4 Å². The molecule has 0 aliphatic carbocycles. The lowest BCUT2D eigenvalue weighted by Crippen LogP contribution is -2.48. The number of aromatic nitrogens is 1. The molecule has 0 atom stereocenters. The Morgan fingerprint density at radius 2 is 1.87 bits per heavy atom. The largest absolute Gasteiger partial charge is 0.497 e. The fourth-order valence-electron chi connectivity index (χ4n) is 3.78. The van der Waals surface area contributed by atoms with Gasteiger partial charge in [0.15, 0.2) is 0 Å². The molecule has 2 heterocycles. The monoisotopic (exact) mass is 443 g/mol. The second kappa shape index (κ2) is 9.08. The number of ether oxygens (including phenoxy) is 1. The highest BCUT2D eigenvalue weighted by Gasteiger charge is 2.30. The summed E-state index contributed by atoms with van der Waals surface area (Å²) in [6.45, 7) is 5.04. The Morgan fingerprint density at radius 1 is 1.16 bits per heavy atom. The number of carbonyl (C=O) groups is 1. The zero-order valence-corrected chi connectivity index (χ0v) is 18.2. The molecule has 0 spiro atoms. The van der Waals surface area contributed by atoms with E-state index in [1.807, 2.05) is 24.3 Å². The van der Waals surface area contributed by atoms with E-state index in [2.05, 4.69) is 10.1 Å². The number of aryl methyl sites for hydroxylation is 1. The molecule has 1 aliphatic rings. The van der Waals surface area contributed by atoms with Crippen molar-refractivity contribution in [3.63, 3.8) is 0 Å². The lowest BCUT2D eigenvalue weighted by molar-refractivity contribution is 0.0627. The molecule has 4 rings (SSSR count). The molecule has 162 valence electrons. The van der Waals surface area contributed by atoms with Gasteiger partial charge in [-0.1, -0.05) is 35.0 Å². The number of halogens is 2. The highest BCUT2D eigenvalue weighted by Crippen LogP contribution is 2.34. The Hall–Kier alpha value is -2.90. The quantitative estimate of drug-likeness (QED) is 0.584. The van der Waals surface area contributed by atoms with Crippen molar-refractivity contribution in [3.05, 3.63) is 70.2 Å². The van der Waals surface area contributed by atoms with Crippen molar-refractivity contribution in [2.45, 2.75) is 13.5 Å². The fraction of sp³-hybridized carbons (Fsp3) is 0.304. The van der Waals surface area contributed by atoms with Gasteiger partial charge in [-0.2, -0.15) is 0 Å². The third-order valence-electron chi connectivity index (χ3n) is 5.50. The molecule has 0 saturated carbocycles. The molecule has 1 saturated heterocycles. The summed E-state index contributed by atoms with van der Waals surface area (Å²) in [5.74, 6) is 0.408. The molecule has 8 heteroatoms. The fourth-order valence-corrected chi connectivity index (χ4v) is 4.03. The van der Waals surface area contributed by atoms with E-state index in [-0.39, 0.29) is 27.8 Å². The lowest BCUT2D eigenvalue weighted by Gasteiger charge is -2.34. The number of hydrogen-bond donors (Lipinski definition) is 0. The van der Waals surface area contributed by atoms with Crippen LogP contribution in [-0.4, -0.2) is 54.2 Å². The highest BCUT2D eigenvalue weighted by atomic mass is 35.5. The molecule has 0 bridgehead atoms. The van der Waals surface area contributed by atoms with Crippen LogP contribution < -0.4 is 4.74 Å². The number of hydrogen-bond acceptors (Lipinski definition) is 5. The van der Waals surface area contributed by atoms with Crippen molar-refractivity contribution >= 4 is 17.5 Å². The van der Waals surface area contributed by atoms with Crippen molar-refractivity contribution in [2.24, 2.45) is 0 Å². The second-order valence-electron chi connectivity index (χ2n) is 7.48. The van der Waals surface area contributed by atoms with Crippen molar-refractivity contribution in [3.8, 4) is 17.0 Å². The molecule has 1 amide bonds. The molecule has 1 fully saturated rings. The third kappa shape index (κ3) is 4.43. The summed E-state index contributed by atoms with van der Waals surface area (Å²) < 4.78 is 24.9. The normalized spacial score (nSPS) is 14.6. The van der Waals surface area contributed by atoms with Crippen molar-refractivity contribution < 1.29 is 18.4 Å². The first kappa shape index (κ1) is 21.3. The van der Waals surface area contributed by atoms with Gasteiger partial charge in [-0.15, -0.1) is 0 Å². The van der Waals surface area contributed by atoms with Crippen LogP contribution in [0.25, 0.3) is 11.3 Å². The lowest BCUT2D eigenvalue weighted by atomic mass is 10.0. The third-order valence-corrected chi connectivity index (χ3v) is 5.82. The van der Waals surface area contributed by atoms with E-state index in [9.17, 15) is 9.18 Å². The number of methoxy groups -OCH3 is 1. The summed E-state index contributed by atoms with van der Waals surface area (Å²) in [6.07, 6.45) is 0. The number of benzene rings is 2. The zero-order valence-electron chi connectivity index (χ0n) is 17.4. The smallest absolute Gasteiger partial charge is 0.259 e. The van der Waals surface area contributed by atoms with E-state index in [4.69, 9.17) is 20.9 Å². The maximum absolute atomic E-state index is 14.4. The van der Waals surface area contributed by atoms with E-state index in [0.29, 0.717) is 18.8 Å². The average molecular weight is 444 g/mol. The molecule has 31 heavy (non-hydrogen) atoms. The van der Waals surface area contributed by atoms with E-state index in [1.54, 1.807) is 25.0 Å². The minimum absolute atomic E-state index is 0.0857. The number of rotatable bonds is 5. The Bertz CT molecular complexity index is 1060. The minimum Gasteiger partial charge on any atom is -0.497 e. The standard InChI is InChI=1S/C23H23ClFN3O3/c1-15-20(22(26-31-15)21-18(24)4-3-5-19(21)25)23(29)28-12-10-27(11-13-28)14-16-6-8-17(30-2)9-7-16/h3-9H,10-14H2,1-2H3. The minimum atomic E-state index is -0.542. The summed E-state index contributed by atoms with van der Waals surface area (Å²) in [5.41, 5.74) is 1.68. The van der Waals surface area contributed by atoms with E-state index >= 15 is 0 Å². The van der Waals surface area contributed by atoms with Gasteiger partial charge in [0.05, 0.1) is 17.7 Å². The first-order valence-corrected chi connectivity index (χ1v) is 10.4. The van der Waals surface area contributed by atoms with Gasteiger partial charge in [0.25, 0.3) is 5.91 Å². The summed E-state index contributed by atoms with van der Waals surface area (Å²) in [7, 11) is 1.65. The van der Waals surface area contributed by atoms with Crippen LogP contribution in [0.3, 0.4) is 0 Å². The van der Waals surface area contributed by atoms with Gasteiger partial charge in [0, 0.05) is 32.7 Å². The van der Waals surface area contributed by atoms with Crippen molar-refractivity contribution in [1.29, 1.82) is 0 Å². The molecule has 6 nitrogen and oxygen atoms in total. The summed E-state index contributed by atoms with van der Waals surface area (Å²) >= 11 is 6.19. The Labute approximate surface area is 185 Å². The van der Waals surface area contributed by atoms with Crippen LogP contribution in [0.2, 0.25) is 5.02 Å². The second-order valence-corrected chi connectivity index (χ2v) is 7.88. The van der Waals surface area contributed by atoms with Crippen LogP contribution in [0, 0.1) is 12.7 Å². The first-order chi connectivity index (χ1) is 15.0. The molecule has 1 aromatic heterocycles. The molecule has 0 N–H and O–H groups in total. The summed E-state index contributed by atoms with van der Waals surface area (Å²) in [5, 5.41) is 4.13. The van der Waals surface area contributed by atoms with Crippen LogP contribution in [0.15, 0.2) is 47.0 Å². The van der Waals surface area contributed by atoms with Crippen LogP contribution >= 0.6 is 11.6 Å². The maximum Gasteiger partial charge on any atom is 0.259 e. The van der Waals surface area contributed by atoms with Crippen LogP contribution in [0.5, 0.6) is 5.75 Å². The molecule has 3 aromatic rings. The van der Waals surface area contributed by atoms with Crippen LogP contribution in [0.4, 0.5) is 4.39 Å². The molecule has 0 unspecified atom stereocenters. The predicted molar refractivity (Wildman–Crippen MR) is 116 cm³/mol. The topological polar surface area (TPSA) is 58.8 Å². The first-order valence-electron chi connectivity index (χ1n) is 10.0. The molecular weight excluding hydrogens is 421 g/mol. The molecule has 2 aromatic carbocycles. The van der Waals surface area contributed by atoms with Gasteiger partial charge in [-0.3, -0.25) is 9.69 Å². The van der Waals surface area contributed by atoms with Crippen molar-refractivity contribution in [2.75, 3.05) is 33.3 Å². The van der Waals surface area contributed by atoms with Crippen LogP contribution in [0.1, 0.15) is 21.7 Å².